The smallest absolute Gasteiger partial charge is 0.336 e. The van der Waals surface area contributed by atoms with E-state index < -0.39 is 17.1 Å². The Morgan fingerprint density at radius 1 is 1.30 bits per heavy atom. The van der Waals surface area contributed by atoms with Crippen molar-refractivity contribution in [3.63, 3.8) is 0 Å². The molecule has 8 nitrogen and oxygen atoms in total. The maximum atomic E-state index is 12.6. The number of hydrogen-bond acceptors (Lipinski definition) is 6. The second-order valence-electron chi connectivity index (χ2n) is 9.21. The Morgan fingerprint density at radius 2 is 2.12 bits per heavy atom. The highest BCUT2D eigenvalue weighted by Gasteiger charge is 2.43. The van der Waals surface area contributed by atoms with Crippen LogP contribution in [0.5, 0.6) is 5.75 Å². The van der Waals surface area contributed by atoms with Gasteiger partial charge < -0.3 is 24.5 Å². The number of benzene rings is 1. The van der Waals surface area contributed by atoms with Crippen molar-refractivity contribution in [3.05, 3.63) is 39.7 Å². The van der Waals surface area contributed by atoms with Crippen LogP contribution >= 0.6 is 0 Å². The van der Waals surface area contributed by atoms with E-state index in [9.17, 15) is 19.5 Å². The lowest BCUT2D eigenvalue weighted by Crippen LogP contribution is -2.56. The lowest BCUT2D eigenvalue weighted by molar-refractivity contribution is -0.143. The van der Waals surface area contributed by atoms with Crippen LogP contribution in [-0.4, -0.2) is 53.7 Å². The normalized spacial score (nSPS) is 22.6. The number of piperidine rings is 1. The molecule has 2 aromatic rings. The molecule has 178 valence electrons. The number of ether oxygens (including phenoxy) is 1. The molecule has 8 heteroatoms. The fraction of sp³-hybridized carbons (Fsp3) is 0.560. The first-order chi connectivity index (χ1) is 15.8. The molecule has 0 bridgehead atoms. The molecule has 2 atom stereocenters. The summed E-state index contributed by atoms with van der Waals surface area (Å²) in [6.45, 7) is 4.46. The third kappa shape index (κ3) is 4.90. The first-order valence-corrected chi connectivity index (χ1v) is 11.8. The third-order valence-corrected chi connectivity index (χ3v) is 7.15. The molecule has 1 aromatic carbocycles. The summed E-state index contributed by atoms with van der Waals surface area (Å²) in [5.41, 5.74) is 0.954. The monoisotopic (exact) mass is 456 g/mol. The lowest BCUT2D eigenvalue weighted by atomic mass is 9.71. The van der Waals surface area contributed by atoms with Crippen LogP contribution in [-0.2, 0) is 16.0 Å². The maximum Gasteiger partial charge on any atom is 0.336 e. The van der Waals surface area contributed by atoms with E-state index >= 15 is 0 Å². The third-order valence-electron chi connectivity index (χ3n) is 7.15. The van der Waals surface area contributed by atoms with Gasteiger partial charge in [-0.2, -0.15) is 0 Å². The van der Waals surface area contributed by atoms with Crippen molar-refractivity contribution in [2.24, 2.45) is 5.92 Å². The van der Waals surface area contributed by atoms with E-state index in [0.717, 1.165) is 36.6 Å². The molecule has 1 aliphatic heterocycles. The Hall–Kier alpha value is -2.87. The molecule has 2 N–H and O–H groups in total. The molecule has 1 saturated carbocycles. The first kappa shape index (κ1) is 23.3. The van der Waals surface area contributed by atoms with Crippen molar-refractivity contribution >= 4 is 22.8 Å². The van der Waals surface area contributed by atoms with Crippen LogP contribution in [0.15, 0.2) is 27.4 Å². The average molecular weight is 457 g/mol. The number of aliphatic hydroxyl groups is 1. The molecular weight excluding hydrogens is 424 g/mol. The Kier molecular flexibility index (Phi) is 6.74. The molecule has 1 aromatic heterocycles. The van der Waals surface area contributed by atoms with Crippen molar-refractivity contribution in [2.75, 3.05) is 26.2 Å². The zero-order valence-corrected chi connectivity index (χ0v) is 19.3. The molecule has 1 aliphatic carbocycles. The van der Waals surface area contributed by atoms with Gasteiger partial charge in [0.05, 0.1) is 12.1 Å². The van der Waals surface area contributed by atoms with Gasteiger partial charge >= 0.3 is 5.63 Å². The molecule has 1 saturated heterocycles. The van der Waals surface area contributed by atoms with Crippen LogP contribution in [0.2, 0.25) is 0 Å². The summed E-state index contributed by atoms with van der Waals surface area (Å²) in [7, 11) is 0. The number of rotatable bonds is 6. The lowest BCUT2D eigenvalue weighted by Gasteiger charge is -2.47. The number of aryl methyl sites for hydroxylation is 2. The van der Waals surface area contributed by atoms with E-state index in [4.69, 9.17) is 9.15 Å². The number of fused-ring (bicyclic) bond motifs is 2. The molecule has 2 aliphatic rings. The standard InChI is InChI=1S/C25H32N2O6/c1-3-17-12-23(30)33-24-16(2)20(8-7-19(17)24)32-15-21(28)26-13-22(29)27-11-10-25(31)9-5-4-6-18(25)14-27/h7-8,12,18,31H,3-6,9-11,13-15H2,1-2H3,(H,26,28)/t18-,25-/m0/s1. The molecule has 33 heavy (non-hydrogen) atoms. The fourth-order valence-electron chi connectivity index (χ4n) is 5.13. The molecule has 2 fully saturated rings. The van der Waals surface area contributed by atoms with Gasteiger partial charge in [-0.1, -0.05) is 19.8 Å². The van der Waals surface area contributed by atoms with Gasteiger partial charge in [0.15, 0.2) is 6.61 Å². The van der Waals surface area contributed by atoms with Crippen molar-refractivity contribution in [3.8, 4) is 5.75 Å². The molecule has 4 rings (SSSR count). The van der Waals surface area contributed by atoms with Crippen LogP contribution in [0.3, 0.4) is 0 Å². The number of nitrogens with zero attached hydrogens (tertiary/aromatic N) is 1. The van der Waals surface area contributed by atoms with Crippen LogP contribution in [0.1, 0.15) is 50.2 Å². The molecule has 2 amide bonds. The van der Waals surface area contributed by atoms with E-state index in [0.29, 0.717) is 42.8 Å². The van der Waals surface area contributed by atoms with Crippen molar-refractivity contribution in [2.45, 2.75) is 58.0 Å². The van der Waals surface area contributed by atoms with E-state index in [1.165, 1.54) is 6.07 Å². The van der Waals surface area contributed by atoms with Gasteiger partial charge in [0.2, 0.25) is 5.91 Å². The second-order valence-corrected chi connectivity index (χ2v) is 9.21. The number of carbonyl (C=O) groups is 2. The number of nitrogens with one attached hydrogen (secondary N) is 1. The highest BCUT2D eigenvalue weighted by molar-refractivity contribution is 5.86. The minimum atomic E-state index is -0.638. The summed E-state index contributed by atoms with van der Waals surface area (Å²) in [5.74, 6) is 0.0182. The SMILES string of the molecule is CCc1cc(=O)oc2c(C)c(OCC(=O)NCC(=O)N3CC[C@@]4(O)CCCC[C@H]4C3)ccc12. The molecule has 0 spiro atoms. The summed E-state index contributed by atoms with van der Waals surface area (Å²) in [5, 5.41) is 14.2. The second kappa shape index (κ2) is 9.55. The zero-order chi connectivity index (χ0) is 23.6. The predicted molar refractivity (Wildman–Crippen MR) is 123 cm³/mol. The summed E-state index contributed by atoms with van der Waals surface area (Å²) in [6.07, 6.45) is 5.17. The van der Waals surface area contributed by atoms with E-state index in [2.05, 4.69) is 5.32 Å². The van der Waals surface area contributed by atoms with Gasteiger partial charge in [0, 0.05) is 36.0 Å². The van der Waals surface area contributed by atoms with Crippen molar-refractivity contribution in [1.29, 1.82) is 0 Å². The van der Waals surface area contributed by atoms with Crippen LogP contribution < -0.4 is 15.7 Å². The van der Waals surface area contributed by atoms with Gasteiger partial charge in [0.25, 0.3) is 5.91 Å². The van der Waals surface area contributed by atoms with Gasteiger partial charge in [-0.25, -0.2) is 4.79 Å². The highest BCUT2D eigenvalue weighted by Crippen LogP contribution is 2.39. The van der Waals surface area contributed by atoms with E-state index in [1.807, 2.05) is 13.0 Å². The quantitative estimate of drug-likeness (QED) is 0.646. The molecule has 2 heterocycles. The summed E-state index contributed by atoms with van der Waals surface area (Å²) >= 11 is 0. The minimum Gasteiger partial charge on any atom is -0.483 e. The molecule has 0 unspecified atom stereocenters. The molecule has 0 radical (unpaired) electrons. The van der Waals surface area contributed by atoms with Gasteiger partial charge in [0.1, 0.15) is 11.3 Å². The molecular formula is C25H32N2O6. The Bertz CT molecular complexity index is 1110. The Balaban J connectivity index is 1.31. The Morgan fingerprint density at radius 3 is 2.91 bits per heavy atom. The summed E-state index contributed by atoms with van der Waals surface area (Å²) in [4.78, 5) is 38.5. The number of hydrogen-bond donors (Lipinski definition) is 2. The zero-order valence-electron chi connectivity index (χ0n) is 19.3. The van der Waals surface area contributed by atoms with Crippen LogP contribution in [0.25, 0.3) is 11.0 Å². The van der Waals surface area contributed by atoms with Gasteiger partial charge in [-0.15, -0.1) is 0 Å². The predicted octanol–water partition coefficient (Wildman–Crippen LogP) is 2.31. The minimum absolute atomic E-state index is 0.0984. The van der Waals surface area contributed by atoms with Crippen molar-refractivity contribution < 1.29 is 23.8 Å². The average Bonchev–Trinajstić information content (AvgIpc) is 2.81. The summed E-state index contributed by atoms with van der Waals surface area (Å²) in [6, 6.07) is 5.07. The topological polar surface area (TPSA) is 109 Å². The number of likely N-dealkylation sites (tertiary alicyclic amines) is 1. The maximum absolute atomic E-state index is 12.6. The van der Waals surface area contributed by atoms with Crippen LogP contribution in [0.4, 0.5) is 0 Å². The van der Waals surface area contributed by atoms with Crippen LogP contribution in [0, 0.1) is 12.8 Å². The largest absolute Gasteiger partial charge is 0.483 e. The summed E-state index contributed by atoms with van der Waals surface area (Å²) < 4.78 is 11.0. The van der Waals surface area contributed by atoms with E-state index in [1.54, 1.807) is 17.9 Å². The van der Waals surface area contributed by atoms with Gasteiger partial charge in [-0.05, 0) is 50.3 Å². The number of carbonyl (C=O) groups excluding carboxylic acids is 2. The highest BCUT2D eigenvalue weighted by atomic mass is 16.5. The first-order valence-electron chi connectivity index (χ1n) is 11.8. The fourth-order valence-corrected chi connectivity index (χ4v) is 5.13. The number of amides is 2. The van der Waals surface area contributed by atoms with Gasteiger partial charge in [-0.3, -0.25) is 9.59 Å². The van der Waals surface area contributed by atoms with E-state index in [-0.39, 0.29) is 25.0 Å². The Labute approximate surface area is 192 Å². The van der Waals surface area contributed by atoms with Crippen molar-refractivity contribution in [1.82, 2.24) is 10.2 Å².